The Hall–Kier alpha value is -2.79. The molecule has 0 aliphatic rings. The second kappa shape index (κ2) is 8.48. The molecule has 6 heteroatoms. The number of aryl methyl sites for hydroxylation is 2. The number of esters is 1. The Balaban J connectivity index is 2.28. The number of fused-ring (bicyclic) bond motifs is 1. The highest BCUT2D eigenvalue weighted by Gasteiger charge is 2.26. The lowest BCUT2D eigenvalue weighted by atomic mass is 10.0. The summed E-state index contributed by atoms with van der Waals surface area (Å²) < 4.78 is 7.22. The van der Waals surface area contributed by atoms with Crippen LogP contribution in [0.4, 0.5) is 0 Å². The minimum Gasteiger partial charge on any atom is -0.481 e. The highest BCUT2D eigenvalue weighted by molar-refractivity contribution is 6.32. The highest BCUT2D eigenvalue weighted by Crippen LogP contribution is 2.34. The Bertz CT molecular complexity index is 1020. The molecule has 0 saturated heterocycles. The standard InChI is InChI=1S/C22H22ClNO4/c1-3-28-22(27)21-16(9-12-19(25)26)20-14(2)17(23)10-11-18(20)24(21)13-15-7-5-4-6-8-15/h4-8,10-11H,3,9,12-13H2,1-2H3,(H,25,26). The third-order valence-corrected chi connectivity index (χ3v) is 5.18. The fraction of sp³-hybridized carbons (Fsp3) is 0.273. The molecule has 0 radical (unpaired) electrons. The van der Waals surface area contributed by atoms with E-state index in [0.29, 0.717) is 22.8 Å². The number of carboxylic acids is 1. The van der Waals surface area contributed by atoms with Crippen LogP contribution in [0.15, 0.2) is 42.5 Å². The molecule has 0 spiro atoms. The Morgan fingerprint density at radius 1 is 1.14 bits per heavy atom. The predicted molar refractivity (Wildman–Crippen MR) is 109 cm³/mol. The Kier molecular flexibility index (Phi) is 6.05. The van der Waals surface area contributed by atoms with E-state index < -0.39 is 11.9 Å². The van der Waals surface area contributed by atoms with Crippen LogP contribution in [0, 0.1) is 6.92 Å². The molecule has 0 aliphatic heterocycles. The van der Waals surface area contributed by atoms with Crippen LogP contribution in [0.25, 0.3) is 10.9 Å². The lowest BCUT2D eigenvalue weighted by Gasteiger charge is -2.11. The summed E-state index contributed by atoms with van der Waals surface area (Å²) in [7, 11) is 0. The first kappa shape index (κ1) is 20.0. The Morgan fingerprint density at radius 3 is 2.50 bits per heavy atom. The van der Waals surface area contributed by atoms with Crippen LogP contribution >= 0.6 is 11.6 Å². The molecule has 146 valence electrons. The zero-order valence-electron chi connectivity index (χ0n) is 15.9. The molecular formula is C22H22ClNO4. The largest absolute Gasteiger partial charge is 0.481 e. The number of aliphatic carboxylic acids is 1. The normalized spacial score (nSPS) is 11.0. The first-order valence-corrected chi connectivity index (χ1v) is 9.54. The summed E-state index contributed by atoms with van der Waals surface area (Å²) >= 11 is 6.34. The van der Waals surface area contributed by atoms with Gasteiger partial charge in [0.15, 0.2) is 0 Å². The fourth-order valence-electron chi connectivity index (χ4n) is 3.52. The van der Waals surface area contributed by atoms with Gasteiger partial charge >= 0.3 is 11.9 Å². The second-order valence-electron chi connectivity index (χ2n) is 6.58. The number of carbonyl (C=O) groups excluding carboxylic acids is 1. The van der Waals surface area contributed by atoms with Crippen molar-refractivity contribution in [3.05, 3.63) is 69.9 Å². The minimum absolute atomic E-state index is 0.0805. The maximum absolute atomic E-state index is 12.9. The van der Waals surface area contributed by atoms with Crippen molar-refractivity contribution in [2.45, 2.75) is 33.2 Å². The van der Waals surface area contributed by atoms with E-state index in [1.54, 1.807) is 13.0 Å². The van der Waals surface area contributed by atoms with Gasteiger partial charge in [-0.05, 0) is 49.1 Å². The zero-order valence-corrected chi connectivity index (χ0v) is 16.6. The van der Waals surface area contributed by atoms with Crippen LogP contribution in [0.1, 0.15) is 40.5 Å². The van der Waals surface area contributed by atoms with Crippen molar-refractivity contribution >= 4 is 34.4 Å². The van der Waals surface area contributed by atoms with Gasteiger partial charge in [-0.25, -0.2) is 4.79 Å². The summed E-state index contributed by atoms with van der Waals surface area (Å²) in [6.07, 6.45) is 0.145. The van der Waals surface area contributed by atoms with E-state index in [1.165, 1.54) is 0 Å². The number of hydrogen-bond acceptors (Lipinski definition) is 3. The van der Waals surface area contributed by atoms with Crippen molar-refractivity contribution in [2.24, 2.45) is 0 Å². The molecule has 3 rings (SSSR count). The molecule has 2 aromatic carbocycles. The third-order valence-electron chi connectivity index (χ3n) is 4.77. The zero-order chi connectivity index (χ0) is 20.3. The molecule has 0 unspecified atom stereocenters. The van der Waals surface area contributed by atoms with E-state index in [9.17, 15) is 14.7 Å². The number of halogens is 1. The van der Waals surface area contributed by atoms with Crippen LogP contribution in [-0.4, -0.2) is 28.2 Å². The number of carbonyl (C=O) groups is 2. The number of hydrogen-bond donors (Lipinski definition) is 1. The summed E-state index contributed by atoms with van der Waals surface area (Å²) in [5, 5.41) is 10.6. The van der Waals surface area contributed by atoms with Gasteiger partial charge in [-0.15, -0.1) is 0 Å². The molecule has 0 fully saturated rings. The van der Waals surface area contributed by atoms with Crippen molar-refractivity contribution in [1.29, 1.82) is 0 Å². The fourth-order valence-corrected chi connectivity index (χ4v) is 3.68. The average Bonchev–Trinajstić information content (AvgIpc) is 2.98. The van der Waals surface area contributed by atoms with Crippen LogP contribution in [0.5, 0.6) is 0 Å². The van der Waals surface area contributed by atoms with Crippen LogP contribution in [-0.2, 0) is 22.5 Å². The molecule has 0 amide bonds. The van der Waals surface area contributed by atoms with Crippen molar-refractivity contribution in [3.63, 3.8) is 0 Å². The van der Waals surface area contributed by atoms with Gasteiger partial charge in [0.25, 0.3) is 0 Å². The summed E-state index contributed by atoms with van der Waals surface area (Å²) in [6, 6.07) is 13.5. The van der Waals surface area contributed by atoms with E-state index >= 15 is 0 Å². The van der Waals surface area contributed by atoms with E-state index in [2.05, 4.69) is 0 Å². The van der Waals surface area contributed by atoms with Crippen molar-refractivity contribution in [3.8, 4) is 0 Å². The molecule has 0 bridgehead atoms. The van der Waals surface area contributed by atoms with Gasteiger partial charge in [0, 0.05) is 28.9 Å². The Morgan fingerprint density at radius 2 is 1.86 bits per heavy atom. The third kappa shape index (κ3) is 3.90. The van der Waals surface area contributed by atoms with E-state index in [1.807, 2.05) is 47.9 Å². The maximum Gasteiger partial charge on any atom is 0.355 e. The van der Waals surface area contributed by atoms with Gasteiger partial charge < -0.3 is 14.4 Å². The minimum atomic E-state index is -0.918. The predicted octanol–water partition coefficient (Wildman–Crippen LogP) is 4.85. The lowest BCUT2D eigenvalue weighted by Crippen LogP contribution is -2.15. The van der Waals surface area contributed by atoms with Crippen LogP contribution in [0.3, 0.4) is 0 Å². The number of ether oxygens (including phenoxy) is 1. The topological polar surface area (TPSA) is 68.5 Å². The lowest BCUT2D eigenvalue weighted by molar-refractivity contribution is -0.136. The van der Waals surface area contributed by atoms with Gasteiger partial charge in [-0.2, -0.15) is 0 Å². The summed E-state index contributed by atoms with van der Waals surface area (Å²) in [4.78, 5) is 24.1. The van der Waals surface area contributed by atoms with Crippen molar-refractivity contribution < 1.29 is 19.4 Å². The maximum atomic E-state index is 12.9. The highest BCUT2D eigenvalue weighted by atomic mass is 35.5. The smallest absolute Gasteiger partial charge is 0.355 e. The molecule has 28 heavy (non-hydrogen) atoms. The SMILES string of the molecule is CCOC(=O)c1c(CCC(=O)O)c2c(C)c(Cl)ccc2n1Cc1ccccc1. The van der Waals surface area contributed by atoms with Crippen molar-refractivity contribution in [2.75, 3.05) is 6.61 Å². The number of nitrogens with zero attached hydrogens (tertiary/aromatic N) is 1. The van der Waals surface area contributed by atoms with Crippen molar-refractivity contribution in [1.82, 2.24) is 4.57 Å². The molecule has 1 heterocycles. The quantitative estimate of drug-likeness (QED) is 0.577. The van der Waals surface area contributed by atoms with Gasteiger partial charge in [-0.1, -0.05) is 41.9 Å². The van der Waals surface area contributed by atoms with E-state index in [4.69, 9.17) is 16.3 Å². The van der Waals surface area contributed by atoms with Crippen LogP contribution in [0.2, 0.25) is 5.02 Å². The summed E-state index contributed by atoms with van der Waals surface area (Å²) in [5.41, 5.74) is 3.77. The van der Waals surface area contributed by atoms with Crippen LogP contribution < -0.4 is 0 Å². The number of carboxylic acid groups (broad SMARTS) is 1. The summed E-state index contributed by atoms with van der Waals surface area (Å²) in [5.74, 6) is -1.37. The van der Waals surface area contributed by atoms with E-state index in [0.717, 1.165) is 22.0 Å². The number of rotatable bonds is 7. The Labute approximate surface area is 168 Å². The molecule has 5 nitrogen and oxygen atoms in total. The molecule has 3 aromatic rings. The first-order valence-electron chi connectivity index (χ1n) is 9.17. The molecule has 0 aliphatic carbocycles. The second-order valence-corrected chi connectivity index (χ2v) is 6.99. The van der Waals surface area contributed by atoms with Gasteiger partial charge in [0.05, 0.1) is 6.61 Å². The van der Waals surface area contributed by atoms with E-state index in [-0.39, 0.29) is 19.4 Å². The molecular weight excluding hydrogens is 378 g/mol. The number of benzene rings is 2. The molecule has 1 aromatic heterocycles. The number of aromatic nitrogens is 1. The van der Waals surface area contributed by atoms with Gasteiger partial charge in [0.2, 0.25) is 0 Å². The molecule has 1 N–H and O–H groups in total. The average molecular weight is 400 g/mol. The monoisotopic (exact) mass is 399 g/mol. The first-order chi connectivity index (χ1) is 13.4. The molecule has 0 atom stereocenters. The summed E-state index contributed by atoms with van der Waals surface area (Å²) in [6.45, 7) is 4.35. The van der Waals surface area contributed by atoms with Gasteiger partial charge in [0.1, 0.15) is 5.69 Å². The molecule has 0 saturated carbocycles. The van der Waals surface area contributed by atoms with Gasteiger partial charge in [-0.3, -0.25) is 4.79 Å².